The Hall–Kier alpha value is -0.420. The molecule has 3 N–H and O–H groups in total. The molecule has 0 aromatic heterocycles. The van der Waals surface area contributed by atoms with Crippen molar-refractivity contribution < 1.29 is 4.84 Å². The summed E-state index contributed by atoms with van der Waals surface area (Å²) < 4.78 is 0. The van der Waals surface area contributed by atoms with Crippen LogP contribution in [0.3, 0.4) is 0 Å². The summed E-state index contributed by atoms with van der Waals surface area (Å²) in [5, 5.41) is 5.01. The van der Waals surface area contributed by atoms with Crippen molar-refractivity contribution in [3.8, 4) is 0 Å². The van der Waals surface area contributed by atoms with Crippen LogP contribution in [0.15, 0.2) is 12.7 Å². The van der Waals surface area contributed by atoms with Gasteiger partial charge in [-0.15, -0.1) is 6.58 Å². The van der Waals surface area contributed by atoms with Gasteiger partial charge in [-0.2, -0.15) is 5.06 Å². The summed E-state index contributed by atoms with van der Waals surface area (Å²) in [6.07, 6.45) is 6.89. The van der Waals surface area contributed by atoms with Gasteiger partial charge in [0.15, 0.2) is 0 Å². The highest BCUT2D eigenvalue weighted by atomic mass is 16.7. The van der Waals surface area contributed by atoms with Crippen LogP contribution in [0.1, 0.15) is 39.0 Å². The van der Waals surface area contributed by atoms with Crippen molar-refractivity contribution in [2.24, 2.45) is 5.73 Å². The van der Waals surface area contributed by atoms with E-state index in [0.29, 0.717) is 0 Å². The molecule has 0 aromatic carbocycles. The third kappa shape index (κ3) is 3.28. The first-order chi connectivity index (χ1) is 7.13. The molecule has 88 valence electrons. The van der Waals surface area contributed by atoms with Gasteiger partial charge in [0.2, 0.25) is 0 Å². The molecule has 4 nitrogen and oxygen atoms in total. The van der Waals surface area contributed by atoms with Crippen LogP contribution in [0.2, 0.25) is 0 Å². The summed E-state index contributed by atoms with van der Waals surface area (Å²) in [5.74, 6) is 0. The Morgan fingerprint density at radius 3 is 2.80 bits per heavy atom. The van der Waals surface area contributed by atoms with Gasteiger partial charge in [-0.1, -0.05) is 19.4 Å². The molecular weight excluding hydrogens is 190 g/mol. The number of nitrogens with zero attached hydrogens (tertiary/aromatic N) is 1. The minimum Gasteiger partial charge on any atom is -0.302 e. The van der Waals surface area contributed by atoms with Crippen molar-refractivity contribution in [2.75, 3.05) is 7.05 Å². The van der Waals surface area contributed by atoms with Gasteiger partial charge in [0.05, 0.1) is 0 Å². The number of nitrogens with two attached hydrogens (primary N) is 1. The first-order valence-corrected chi connectivity index (χ1v) is 5.69. The monoisotopic (exact) mass is 213 g/mol. The Morgan fingerprint density at radius 2 is 2.33 bits per heavy atom. The molecule has 1 heterocycles. The number of hydrogen-bond acceptors (Lipinski definition) is 4. The maximum Gasteiger partial charge on any atom is 0.143 e. The number of nitrogens with one attached hydrogen (secondary N) is 1. The van der Waals surface area contributed by atoms with Crippen molar-refractivity contribution in [2.45, 2.75) is 51.0 Å². The molecule has 1 saturated heterocycles. The van der Waals surface area contributed by atoms with Gasteiger partial charge in [0, 0.05) is 7.05 Å². The highest BCUT2D eigenvalue weighted by Crippen LogP contribution is 2.28. The molecule has 2 unspecified atom stereocenters. The van der Waals surface area contributed by atoms with Gasteiger partial charge in [0.1, 0.15) is 12.0 Å². The molecule has 1 aliphatic rings. The van der Waals surface area contributed by atoms with Crippen LogP contribution < -0.4 is 11.1 Å². The van der Waals surface area contributed by atoms with Crippen molar-refractivity contribution in [3.63, 3.8) is 0 Å². The molecule has 15 heavy (non-hydrogen) atoms. The van der Waals surface area contributed by atoms with Crippen LogP contribution in [0, 0.1) is 0 Å². The quantitative estimate of drug-likeness (QED) is 0.657. The van der Waals surface area contributed by atoms with E-state index in [2.05, 4.69) is 18.8 Å². The Kier molecular flexibility index (Phi) is 4.73. The molecule has 0 saturated carbocycles. The van der Waals surface area contributed by atoms with E-state index >= 15 is 0 Å². The van der Waals surface area contributed by atoms with E-state index in [4.69, 9.17) is 10.6 Å². The zero-order valence-corrected chi connectivity index (χ0v) is 9.83. The minimum atomic E-state index is -0.279. The largest absolute Gasteiger partial charge is 0.302 e. The minimum absolute atomic E-state index is 0.202. The Balaban J connectivity index is 2.56. The lowest BCUT2D eigenvalue weighted by atomic mass is 10.0. The molecule has 4 heteroatoms. The summed E-state index contributed by atoms with van der Waals surface area (Å²) in [4.78, 5) is 5.81. The lowest BCUT2D eigenvalue weighted by molar-refractivity contribution is -0.196. The molecule has 0 aromatic rings. The van der Waals surface area contributed by atoms with E-state index in [9.17, 15) is 0 Å². The predicted octanol–water partition coefficient (Wildman–Crippen LogP) is 1.55. The van der Waals surface area contributed by atoms with Crippen molar-refractivity contribution in [1.82, 2.24) is 10.4 Å². The van der Waals surface area contributed by atoms with Crippen LogP contribution >= 0.6 is 0 Å². The molecule has 0 amide bonds. The molecular formula is C11H23N3O. The van der Waals surface area contributed by atoms with Crippen molar-refractivity contribution >= 4 is 0 Å². The Labute approximate surface area is 92.4 Å². The fourth-order valence-electron chi connectivity index (χ4n) is 1.88. The summed E-state index contributed by atoms with van der Waals surface area (Å²) >= 11 is 0. The molecule has 0 bridgehead atoms. The average Bonchev–Trinajstić information content (AvgIpc) is 2.50. The van der Waals surface area contributed by atoms with Gasteiger partial charge >= 0.3 is 0 Å². The van der Waals surface area contributed by atoms with Crippen molar-refractivity contribution in [1.29, 1.82) is 0 Å². The van der Waals surface area contributed by atoms with Gasteiger partial charge in [-0.3, -0.25) is 10.2 Å². The van der Waals surface area contributed by atoms with E-state index in [1.807, 2.05) is 13.1 Å². The molecule has 0 aliphatic carbocycles. The standard InChI is InChI=1S/C11H23N3O/c1-4-6-8-11(9-7-5-2)13-10(12)14(3)15-11/h4,10,13H,1,5-9,12H2,2-3H3. The second kappa shape index (κ2) is 5.61. The third-order valence-corrected chi connectivity index (χ3v) is 2.81. The molecule has 0 radical (unpaired) electrons. The number of allylic oxidation sites excluding steroid dienone is 1. The highest BCUT2D eigenvalue weighted by Gasteiger charge is 2.40. The SMILES string of the molecule is C=CCCC1(CCCC)NC(N)N(C)O1. The second-order valence-corrected chi connectivity index (χ2v) is 4.15. The molecule has 1 aliphatic heterocycles. The van der Waals surface area contributed by atoms with Crippen LogP contribution in [0.4, 0.5) is 0 Å². The molecule has 1 fully saturated rings. The van der Waals surface area contributed by atoms with E-state index < -0.39 is 0 Å². The van der Waals surface area contributed by atoms with Crippen LogP contribution in [0.25, 0.3) is 0 Å². The van der Waals surface area contributed by atoms with Crippen LogP contribution in [0.5, 0.6) is 0 Å². The van der Waals surface area contributed by atoms with E-state index in [-0.39, 0.29) is 12.0 Å². The van der Waals surface area contributed by atoms with Crippen molar-refractivity contribution in [3.05, 3.63) is 12.7 Å². The number of hydroxylamine groups is 2. The summed E-state index contributed by atoms with van der Waals surface area (Å²) in [7, 11) is 1.86. The summed E-state index contributed by atoms with van der Waals surface area (Å²) in [6.45, 7) is 5.92. The first kappa shape index (κ1) is 12.6. The lowest BCUT2D eigenvalue weighted by Crippen LogP contribution is -2.48. The Bertz CT molecular complexity index is 198. The zero-order valence-electron chi connectivity index (χ0n) is 9.83. The van der Waals surface area contributed by atoms with Crippen LogP contribution in [-0.2, 0) is 4.84 Å². The van der Waals surface area contributed by atoms with Crippen LogP contribution in [-0.4, -0.2) is 24.1 Å². The Morgan fingerprint density at radius 1 is 1.60 bits per heavy atom. The number of rotatable bonds is 6. The second-order valence-electron chi connectivity index (χ2n) is 4.15. The highest BCUT2D eigenvalue weighted by molar-refractivity contribution is 4.86. The van der Waals surface area contributed by atoms with E-state index in [0.717, 1.165) is 25.7 Å². The molecule has 0 spiro atoms. The summed E-state index contributed by atoms with van der Waals surface area (Å²) in [6, 6.07) is 0. The first-order valence-electron chi connectivity index (χ1n) is 5.69. The average molecular weight is 213 g/mol. The molecule has 1 rings (SSSR count). The van der Waals surface area contributed by atoms with E-state index in [1.54, 1.807) is 5.06 Å². The smallest absolute Gasteiger partial charge is 0.143 e. The van der Waals surface area contributed by atoms with Gasteiger partial charge in [-0.05, 0) is 25.7 Å². The number of hydrogen-bond donors (Lipinski definition) is 2. The van der Waals surface area contributed by atoms with E-state index in [1.165, 1.54) is 6.42 Å². The maximum absolute atomic E-state index is 5.86. The lowest BCUT2D eigenvalue weighted by Gasteiger charge is -2.27. The number of unbranched alkanes of at least 4 members (excludes halogenated alkanes) is 1. The van der Waals surface area contributed by atoms with Gasteiger partial charge in [-0.25, -0.2) is 0 Å². The predicted molar refractivity (Wildman–Crippen MR) is 61.6 cm³/mol. The van der Waals surface area contributed by atoms with Gasteiger partial charge in [0.25, 0.3) is 0 Å². The fraction of sp³-hybridized carbons (Fsp3) is 0.818. The normalized spacial score (nSPS) is 32.1. The fourth-order valence-corrected chi connectivity index (χ4v) is 1.88. The maximum atomic E-state index is 5.86. The molecule has 2 atom stereocenters. The topological polar surface area (TPSA) is 50.5 Å². The summed E-state index contributed by atoms with van der Waals surface area (Å²) in [5.41, 5.74) is 5.58. The third-order valence-electron chi connectivity index (χ3n) is 2.81. The van der Waals surface area contributed by atoms with Gasteiger partial charge < -0.3 is 5.73 Å². The zero-order chi connectivity index (χ0) is 11.3.